The smallest absolute Gasteiger partial charge is 0.227 e. The van der Waals surface area contributed by atoms with Crippen molar-refractivity contribution in [1.82, 2.24) is 9.80 Å². The molecule has 2 aliphatic heterocycles. The van der Waals surface area contributed by atoms with Gasteiger partial charge in [-0.15, -0.1) is 0 Å². The van der Waals surface area contributed by atoms with Crippen molar-refractivity contribution in [2.75, 3.05) is 7.05 Å². The number of hydrogen-bond acceptors (Lipinski definition) is 3. The quantitative estimate of drug-likeness (QED) is 0.789. The largest absolute Gasteiger partial charge is 0.373 e. The molecule has 4 nitrogen and oxygen atoms in total. The molecule has 0 aromatic rings. The Labute approximate surface area is 116 Å². The Morgan fingerprint density at radius 2 is 1.63 bits per heavy atom. The minimum Gasteiger partial charge on any atom is -0.373 e. The van der Waals surface area contributed by atoms with Crippen LogP contribution in [0.15, 0.2) is 0 Å². The fraction of sp³-hybridized carbons (Fsp3) is 0.933. The fourth-order valence-corrected chi connectivity index (χ4v) is 3.87. The van der Waals surface area contributed by atoms with Gasteiger partial charge in [0.05, 0.1) is 0 Å². The van der Waals surface area contributed by atoms with E-state index in [0.717, 1.165) is 12.8 Å². The number of aliphatic hydroxyl groups excluding tert-OH is 1. The van der Waals surface area contributed by atoms with E-state index in [0.29, 0.717) is 6.42 Å². The van der Waals surface area contributed by atoms with Crippen LogP contribution in [0.25, 0.3) is 0 Å². The van der Waals surface area contributed by atoms with E-state index >= 15 is 0 Å². The standard InChI is InChI=1S/C15H28N2O2/c1-10-7-12(18)17(13(10)19)11-8-14(2,3)16(6)15(4,5)9-11/h10-12,18H,7-9H2,1-6H3. The highest BCUT2D eigenvalue weighted by Gasteiger charge is 2.49. The van der Waals surface area contributed by atoms with Gasteiger partial charge < -0.3 is 10.0 Å². The number of likely N-dealkylation sites (tertiary alicyclic amines) is 2. The SMILES string of the molecule is CC1CC(O)N(C2CC(C)(C)N(C)C(C)(C)C2)C1=O. The number of carbonyl (C=O) groups is 1. The van der Waals surface area contributed by atoms with Gasteiger partial charge in [-0.1, -0.05) is 6.92 Å². The molecule has 2 unspecified atom stereocenters. The maximum Gasteiger partial charge on any atom is 0.227 e. The molecular formula is C15H28N2O2. The second-order valence-corrected chi connectivity index (χ2v) is 7.61. The molecule has 19 heavy (non-hydrogen) atoms. The van der Waals surface area contributed by atoms with E-state index < -0.39 is 6.23 Å². The fourth-order valence-electron chi connectivity index (χ4n) is 3.87. The second kappa shape index (κ2) is 4.45. The van der Waals surface area contributed by atoms with Gasteiger partial charge in [0.2, 0.25) is 5.91 Å². The molecule has 1 N–H and O–H groups in total. The lowest BCUT2D eigenvalue weighted by atomic mass is 9.77. The Bertz CT molecular complexity index is 360. The molecule has 0 spiro atoms. The van der Waals surface area contributed by atoms with Crippen LogP contribution in [0.1, 0.15) is 53.9 Å². The maximum atomic E-state index is 12.3. The van der Waals surface area contributed by atoms with E-state index in [-0.39, 0.29) is 28.9 Å². The van der Waals surface area contributed by atoms with Crippen LogP contribution in [0.5, 0.6) is 0 Å². The minimum atomic E-state index is -0.595. The summed E-state index contributed by atoms with van der Waals surface area (Å²) in [4.78, 5) is 16.4. The van der Waals surface area contributed by atoms with Crippen molar-refractivity contribution in [1.29, 1.82) is 0 Å². The number of rotatable bonds is 1. The normalized spacial score (nSPS) is 35.9. The van der Waals surface area contributed by atoms with Gasteiger partial charge in [0.25, 0.3) is 0 Å². The Morgan fingerprint density at radius 1 is 1.16 bits per heavy atom. The highest BCUT2D eigenvalue weighted by atomic mass is 16.3. The van der Waals surface area contributed by atoms with Crippen LogP contribution in [0, 0.1) is 5.92 Å². The second-order valence-electron chi connectivity index (χ2n) is 7.61. The summed E-state index contributed by atoms with van der Waals surface area (Å²) < 4.78 is 0. The first-order valence-corrected chi connectivity index (χ1v) is 7.30. The molecule has 2 aliphatic rings. The summed E-state index contributed by atoms with van der Waals surface area (Å²) in [5.74, 6) is 0.0783. The Balaban J connectivity index is 2.25. The summed E-state index contributed by atoms with van der Waals surface area (Å²) in [6.07, 6.45) is 1.82. The highest BCUT2D eigenvalue weighted by molar-refractivity contribution is 5.81. The van der Waals surface area contributed by atoms with E-state index in [9.17, 15) is 9.90 Å². The van der Waals surface area contributed by atoms with Gasteiger partial charge >= 0.3 is 0 Å². The van der Waals surface area contributed by atoms with Crippen LogP contribution in [0.2, 0.25) is 0 Å². The van der Waals surface area contributed by atoms with E-state index in [1.54, 1.807) is 4.90 Å². The predicted molar refractivity (Wildman–Crippen MR) is 75.6 cm³/mol. The zero-order valence-electron chi connectivity index (χ0n) is 13.1. The number of aliphatic hydroxyl groups is 1. The van der Waals surface area contributed by atoms with Crippen LogP contribution in [-0.2, 0) is 4.79 Å². The number of hydrogen-bond donors (Lipinski definition) is 1. The average molecular weight is 268 g/mol. The third-order valence-electron chi connectivity index (χ3n) is 5.24. The molecule has 0 aliphatic carbocycles. The van der Waals surface area contributed by atoms with Crippen LogP contribution in [0.4, 0.5) is 0 Å². The number of piperidine rings is 1. The van der Waals surface area contributed by atoms with Gasteiger partial charge in [-0.05, 0) is 47.6 Å². The number of nitrogens with zero attached hydrogens (tertiary/aromatic N) is 2. The molecule has 0 saturated carbocycles. The van der Waals surface area contributed by atoms with E-state index in [1.165, 1.54) is 0 Å². The Morgan fingerprint density at radius 3 is 2.00 bits per heavy atom. The van der Waals surface area contributed by atoms with Crippen molar-refractivity contribution >= 4 is 5.91 Å². The molecule has 0 bridgehead atoms. The van der Waals surface area contributed by atoms with Crippen LogP contribution < -0.4 is 0 Å². The molecule has 2 fully saturated rings. The number of carbonyl (C=O) groups excluding carboxylic acids is 1. The minimum absolute atomic E-state index is 0.0399. The van der Waals surface area contributed by atoms with Crippen molar-refractivity contribution in [3.05, 3.63) is 0 Å². The maximum absolute atomic E-state index is 12.3. The van der Waals surface area contributed by atoms with Crippen molar-refractivity contribution in [3.8, 4) is 0 Å². The van der Waals surface area contributed by atoms with Crippen LogP contribution in [-0.4, -0.2) is 51.2 Å². The summed E-state index contributed by atoms with van der Waals surface area (Å²) in [6, 6.07) is 0.147. The molecule has 0 radical (unpaired) electrons. The van der Waals surface area contributed by atoms with Gasteiger partial charge in [-0.25, -0.2) is 0 Å². The molecule has 2 atom stereocenters. The molecular weight excluding hydrogens is 240 g/mol. The van der Waals surface area contributed by atoms with E-state index in [4.69, 9.17) is 0 Å². The number of amides is 1. The van der Waals surface area contributed by atoms with Crippen molar-refractivity contribution in [2.45, 2.75) is 77.2 Å². The van der Waals surface area contributed by atoms with Crippen LogP contribution >= 0.6 is 0 Å². The molecule has 4 heteroatoms. The predicted octanol–water partition coefficient (Wildman–Crippen LogP) is 1.82. The molecule has 110 valence electrons. The van der Waals surface area contributed by atoms with Gasteiger partial charge in [0.15, 0.2) is 0 Å². The van der Waals surface area contributed by atoms with Gasteiger partial charge in [-0.3, -0.25) is 9.69 Å². The van der Waals surface area contributed by atoms with Gasteiger partial charge in [0.1, 0.15) is 6.23 Å². The summed E-state index contributed by atoms with van der Waals surface area (Å²) in [7, 11) is 2.15. The lowest BCUT2D eigenvalue weighted by Gasteiger charge is -2.55. The monoisotopic (exact) mass is 268 g/mol. The first-order valence-electron chi connectivity index (χ1n) is 7.30. The van der Waals surface area contributed by atoms with Crippen molar-refractivity contribution < 1.29 is 9.90 Å². The third kappa shape index (κ3) is 2.40. The average Bonchev–Trinajstić information content (AvgIpc) is 2.49. The van der Waals surface area contributed by atoms with Gasteiger partial charge in [0, 0.05) is 29.5 Å². The summed E-state index contributed by atoms with van der Waals surface area (Å²) in [5, 5.41) is 10.2. The summed E-state index contributed by atoms with van der Waals surface area (Å²) in [5.41, 5.74) is 0.0799. The lowest BCUT2D eigenvalue weighted by molar-refractivity contribution is -0.145. The topological polar surface area (TPSA) is 43.8 Å². The Hall–Kier alpha value is -0.610. The molecule has 1 amide bonds. The lowest BCUT2D eigenvalue weighted by Crippen LogP contribution is -2.63. The zero-order chi connectivity index (χ0) is 14.6. The molecule has 0 aromatic heterocycles. The summed E-state index contributed by atoms with van der Waals surface area (Å²) >= 11 is 0. The summed E-state index contributed by atoms with van der Waals surface area (Å²) in [6.45, 7) is 10.8. The van der Waals surface area contributed by atoms with Gasteiger partial charge in [-0.2, -0.15) is 0 Å². The molecule has 2 heterocycles. The van der Waals surface area contributed by atoms with Crippen molar-refractivity contribution in [2.24, 2.45) is 5.92 Å². The van der Waals surface area contributed by atoms with E-state index in [2.05, 4.69) is 39.6 Å². The third-order valence-corrected chi connectivity index (χ3v) is 5.24. The molecule has 2 saturated heterocycles. The highest BCUT2D eigenvalue weighted by Crippen LogP contribution is 2.41. The molecule has 2 rings (SSSR count). The van der Waals surface area contributed by atoms with Crippen LogP contribution in [0.3, 0.4) is 0 Å². The Kier molecular flexibility index (Phi) is 3.47. The van der Waals surface area contributed by atoms with E-state index in [1.807, 2.05) is 6.92 Å². The first kappa shape index (κ1) is 14.8. The van der Waals surface area contributed by atoms with Crippen molar-refractivity contribution in [3.63, 3.8) is 0 Å². The zero-order valence-corrected chi connectivity index (χ0v) is 13.1. The first-order chi connectivity index (χ1) is 8.56. The molecule has 0 aromatic carbocycles.